The highest BCUT2D eigenvalue weighted by Gasteiger charge is 2.50. The van der Waals surface area contributed by atoms with Crippen LogP contribution in [0.1, 0.15) is 52.5 Å². The lowest BCUT2D eigenvalue weighted by Gasteiger charge is -2.30. The molecule has 292 valence electrons. The van der Waals surface area contributed by atoms with Gasteiger partial charge in [-0.15, -0.1) is 0 Å². The largest absolute Gasteiger partial charge is 0.495 e. The fourth-order valence-electron chi connectivity index (χ4n) is 6.82. The van der Waals surface area contributed by atoms with Crippen LogP contribution in [0.5, 0.6) is 5.75 Å². The van der Waals surface area contributed by atoms with Gasteiger partial charge in [0.15, 0.2) is 11.4 Å². The third-order valence-corrected chi connectivity index (χ3v) is 12.8. The summed E-state index contributed by atoms with van der Waals surface area (Å²) in [7, 11) is -2.56. The molecule has 6 atom stereocenters. The lowest BCUT2D eigenvalue weighted by atomic mass is 9.90. The summed E-state index contributed by atoms with van der Waals surface area (Å²) in [6, 6.07) is 10.2. The SMILES string of the molecule is COc1ccc(C[C@H](CC(=O)O[C@H]2CO[C@H]3OC[C@H](NCC(C)(C)F)[C@H]32)[C@H](O)CN(CC(C)C)S(=O)(=O)c2ccc3nc(NC4CC4)sc3c2)cc1Cl. The summed E-state index contributed by atoms with van der Waals surface area (Å²) < 4.78 is 67.6. The van der Waals surface area contributed by atoms with Crippen molar-refractivity contribution in [1.82, 2.24) is 14.6 Å². The van der Waals surface area contributed by atoms with Crippen LogP contribution in [0.2, 0.25) is 5.02 Å². The number of benzene rings is 2. The molecule has 3 aliphatic rings. The molecule has 6 rings (SSSR count). The first-order chi connectivity index (χ1) is 25.1. The van der Waals surface area contributed by atoms with Crippen molar-refractivity contribution in [3.8, 4) is 5.75 Å². The lowest BCUT2D eigenvalue weighted by Crippen LogP contribution is -2.46. The van der Waals surface area contributed by atoms with E-state index in [-0.39, 0.29) is 68.5 Å². The molecule has 0 amide bonds. The van der Waals surface area contributed by atoms with Crippen molar-refractivity contribution in [2.24, 2.45) is 17.8 Å². The van der Waals surface area contributed by atoms with Gasteiger partial charge in [-0.05, 0) is 74.9 Å². The van der Waals surface area contributed by atoms with Gasteiger partial charge in [-0.3, -0.25) is 4.79 Å². The Bertz CT molecular complexity index is 1850. The van der Waals surface area contributed by atoms with E-state index in [1.165, 1.54) is 36.6 Å². The van der Waals surface area contributed by atoms with Crippen LogP contribution in [0.4, 0.5) is 9.52 Å². The van der Waals surface area contributed by atoms with Crippen molar-refractivity contribution < 1.29 is 41.7 Å². The van der Waals surface area contributed by atoms with Crippen molar-refractivity contribution in [2.75, 3.05) is 45.3 Å². The number of carbonyl (C=O) groups is 1. The van der Waals surface area contributed by atoms with Crippen LogP contribution in [0, 0.1) is 17.8 Å². The lowest BCUT2D eigenvalue weighted by molar-refractivity contribution is -0.153. The van der Waals surface area contributed by atoms with E-state index in [4.69, 9.17) is 30.5 Å². The number of alkyl halides is 1. The number of carbonyl (C=O) groups excluding carboxylic acids is 1. The van der Waals surface area contributed by atoms with Crippen LogP contribution in [0.3, 0.4) is 0 Å². The van der Waals surface area contributed by atoms with Gasteiger partial charge in [0, 0.05) is 37.6 Å². The first-order valence-electron chi connectivity index (χ1n) is 18.1. The first-order valence-corrected chi connectivity index (χ1v) is 20.8. The van der Waals surface area contributed by atoms with Crippen LogP contribution in [0.25, 0.3) is 10.2 Å². The molecule has 3 fully saturated rings. The second-order valence-corrected chi connectivity index (χ2v) is 18.7. The molecule has 0 unspecified atom stereocenters. The van der Waals surface area contributed by atoms with Gasteiger partial charge >= 0.3 is 5.97 Å². The third-order valence-electron chi connectivity index (χ3n) is 9.69. The molecule has 1 aliphatic carbocycles. The van der Waals surface area contributed by atoms with Gasteiger partial charge in [0.1, 0.15) is 17.5 Å². The number of aliphatic hydroxyl groups excluding tert-OH is 1. The zero-order valence-electron chi connectivity index (χ0n) is 30.7. The molecule has 2 saturated heterocycles. The monoisotopic (exact) mass is 796 g/mol. The molecule has 1 saturated carbocycles. The van der Waals surface area contributed by atoms with Crippen LogP contribution >= 0.6 is 22.9 Å². The molecular formula is C37H50ClFN4O8S2. The van der Waals surface area contributed by atoms with E-state index in [0.717, 1.165) is 28.2 Å². The zero-order valence-corrected chi connectivity index (χ0v) is 33.1. The Morgan fingerprint density at radius 2 is 1.92 bits per heavy atom. The number of aliphatic hydroxyl groups is 1. The number of ether oxygens (including phenoxy) is 4. The fraction of sp³-hybridized carbons (Fsp3) is 0.622. The Hall–Kier alpha value is -2.63. The van der Waals surface area contributed by atoms with E-state index >= 15 is 0 Å². The van der Waals surface area contributed by atoms with E-state index in [9.17, 15) is 22.7 Å². The first kappa shape index (κ1) is 40.0. The number of fused-ring (bicyclic) bond motifs is 2. The maximum absolute atomic E-state index is 14.3. The van der Waals surface area contributed by atoms with E-state index in [1.54, 1.807) is 36.4 Å². The van der Waals surface area contributed by atoms with Crippen molar-refractivity contribution in [3.05, 3.63) is 47.0 Å². The molecule has 3 aromatic rings. The second-order valence-electron chi connectivity index (χ2n) is 15.3. The number of esters is 1. The van der Waals surface area contributed by atoms with Gasteiger partial charge in [-0.1, -0.05) is 42.9 Å². The third kappa shape index (κ3) is 10.2. The Balaban J connectivity index is 1.21. The second kappa shape index (κ2) is 16.6. The highest BCUT2D eigenvalue weighted by Crippen LogP contribution is 2.36. The predicted molar refractivity (Wildman–Crippen MR) is 202 cm³/mol. The van der Waals surface area contributed by atoms with Crippen molar-refractivity contribution >= 4 is 54.3 Å². The van der Waals surface area contributed by atoms with Crippen molar-refractivity contribution in [1.29, 1.82) is 0 Å². The average Bonchev–Trinajstić information content (AvgIpc) is 3.47. The molecule has 53 heavy (non-hydrogen) atoms. The Morgan fingerprint density at radius 3 is 2.60 bits per heavy atom. The molecule has 0 radical (unpaired) electrons. The maximum atomic E-state index is 14.3. The van der Waals surface area contributed by atoms with Crippen LogP contribution in [0.15, 0.2) is 41.3 Å². The van der Waals surface area contributed by atoms with Gasteiger partial charge in [-0.25, -0.2) is 17.8 Å². The minimum atomic E-state index is -4.07. The molecule has 0 bridgehead atoms. The van der Waals surface area contributed by atoms with Crippen LogP contribution in [-0.2, 0) is 35.4 Å². The van der Waals surface area contributed by atoms with E-state index in [2.05, 4.69) is 15.6 Å². The van der Waals surface area contributed by atoms with Gasteiger partial charge in [0.2, 0.25) is 10.0 Å². The van der Waals surface area contributed by atoms with Gasteiger partial charge in [-0.2, -0.15) is 4.31 Å². The molecule has 2 aromatic carbocycles. The number of nitrogens with zero attached hydrogens (tertiary/aromatic N) is 2. The molecule has 2 aliphatic heterocycles. The number of sulfonamides is 1. The number of hydrogen-bond acceptors (Lipinski definition) is 12. The van der Waals surface area contributed by atoms with Crippen molar-refractivity contribution in [3.63, 3.8) is 0 Å². The number of hydrogen-bond donors (Lipinski definition) is 3. The molecular weight excluding hydrogens is 747 g/mol. The minimum absolute atomic E-state index is 0.0595. The quantitative estimate of drug-likeness (QED) is 0.142. The topological polar surface area (TPSA) is 149 Å². The molecule has 3 heterocycles. The molecule has 12 nitrogen and oxygen atoms in total. The van der Waals surface area contributed by atoms with E-state index < -0.39 is 46.1 Å². The highest BCUT2D eigenvalue weighted by atomic mass is 35.5. The summed E-state index contributed by atoms with van der Waals surface area (Å²) in [4.78, 5) is 18.4. The standard InChI is InChI=1S/C37H50ClFN4O8S2/c1-21(2)16-43(53(46,47)25-9-10-27-32(15-25)52-36(42-27)41-24-7-8-24)17-29(44)23(12-22-6-11-30(48-5)26(38)13-22)14-33(45)51-31-19-50-35-34(31)28(18-49-35)40-20-37(3,4)39/h6,9-11,13,15,21,23-24,28-29,31,34-35,40,44H,7-8,12,14,16-20H2,1-5H3,(H,41,42)/t23-,28+,29-,31+,34+,35-/m1/s1. The summed E-state index contributed by atoms with van der Waals surface area (Å²) in [6.07, 6.45) is -0.328. The zero-order chi connectivity index (χ0) is 38.1. The highest BCUT2D eigenvalue weighted by molar-refractivity contribution is 7.89. The summed E-state index contributed by atoms with van der Waals surface area (Å²) in [6.45, 7) is 7.16. The summed E-state index contributed by atoms with van der Waals surface area (Å²) in [5.74, 6) is -1.26. The number of thiazole rings is 1. The average molecular weight is 797 g/mol. The van der Waals surface area contributed by atoms with E-state index in [0.29, 0.717) is 22.3 Å². The van der Waals surface area contributed by atoms with Crippen LogP contribution in [-0.4, -0.2) is 105 Å². The normalized spacial score (nSPS) is 23.1. The Kier molecular flexibility index (Phi) is 12.6. The number of rotatable bonds is 18. The molecule has 3 N–H and O–H groups in total. The van der Waals surface area contributed by atoms with E-state index in [1.807, 2.05) is 13.8 Å². The smallest absolute Gasteiger partial charge is 0.306 e. The van der Waals surface area contributed by atoms with Gasteiger partial charge < -0.3 is 34.7 Å². The fourth-order valence-corrected chi connectivity index (χ4v) is 9.80. The Morgan fingerprint density at radius 1 is 1.17 bits per heavy atom. The molecule has 1 aromatic heterocycles. The van der Waals surface area contributed by atoms with Gasteiger partial charge in [0.25, 0.3) is 0 Å². The maximum Gasteiger partial charge on any atom is 0.306 e. The van der Waals surface area contributed by atoms with Crippen LogP contribution < -0.4 is 15.4 Å². The summed E-state index contributed by atoms with van der Waals surface area (Å²) in [5, 5.41) is 19.6. The number of aromatic nitrogens is 1. The Labute approximate surface area is 319 Å². The van der Waals surface area contributed by atoms with Gasteiger partial charge in [0.05, 0.1) is 58.9 Å². The predicted octanol–water partition coefficient (Wildman–Crippen LogP) is 5.41. The summed E-state index contributed by atoms with van der Waals surface area (Å²) in [5.41, 5.74) is -0.0109. The van der Waals surface area contributed by atoms with Crippen molar-refractivity contribution in [2.45, 2.75) is 94.5 Å². The molecule has 16 heteroatoms. The summed E-state index contributed by atoms with van der Waals surface area (Å²) >= 11 is 7.85. The number of halogens is 2. The molecule has 0 spiro atoms. The number of nitrogens with one attached hydrogen (secondary N) is 2. The number of methoxy groups -OCH3 is 1. The number of anilines is 1. The minimum Gasteiger partial charge on any atom is -0.495 e.